The molecule has 1 aromatic carbocycles. The average molecular weight is 344 g/mol. The molecule has 136 valence electrons. The van der Waals surface area contributed by atoms with Crippen molar-refractivity contribution in [2.24, 2.45) is 0 Å². The topological polar surface area (TPSA) is 42.0 Å². The van der Waals surface area contributed by atoms with E-state index in [1.54, 1.807) is 4.90 Å². The first-order chi connectivity index (χ1) is 11.9. The summed E-state index contributed by atoms with van der Waals surface area (Å²) in [6.45, 7) is 9.75. The third-order valence-corrected chi connectivity index (χ3v) is 4.32. The molecule has 0 aromatic heterocycles. The summed E-state index contributed by atoms with van der Waals surface area (Å²) in [6.07, 6.45) is 2.94. The van der Waals surface area contributed by atoms with E-state index in [9.17, 15) is 4.79 Å². The molecule has 1 amide bonds. The molecule has 1 aromatic rings. The summed E-state index contributed by atoms with van der Waals surface area (Å²) in [4.78, 5) is 16.0. The van der Waals surface area contributed by atoms with Crippen LogP contribution in [0.1, 0.15) is 32.8 Å². The van der Waals surface area contributed by atoms with Gasteiger partial charge in [0.25, 0.3) is 0 Å². The first-order valence-corrected chi connectivity index (χ1v) is 8.99. The summed E-state index contributed by atoms with van der Waals surface area (Å²) >= 11 is 0. The Labute approximate surface area is 150 Å². The molecule has 0 spiro atoms. The largest absolute Gasteiger partial charge is 0.491 e. The van der Waals surface area contributed by atoms with Crippen LogP contribution in [0.2, 0.25) is 0 Å². The van der Waals surface area contributed by atoms with E-state index in [-0.39, 0.29) is 12.2 Å². The Balaban J connectivity index is 1.39. The molecule has 0 saturated carbocycles. The van der Waals surface area contributed by atoms with Crippen molar-refractivity contribution in [2.75, 3.05) is 26.2 Å². The summed E-state index contributed by atoms with van der Waals surface area (Å²) in [6, 6.07) is 10.5. The van der Waals surface area contributed by atoms with Crippen LogP contribution in [-0.2, 0) is 16.0 Å². The number of benzene rings is 1. The van der Waals surface area contributed by atoms with E-state index in [4.69, 9.17) is 9.47 Å². The van der Waals surface area contributed by atoms with Crippen LogP contribution in [-0.4, -0.2) is 53.8 Å². The fourth-order valence-electron chi connectivity index (χ4n) is 2.99. The number of carbonyl (C=O) groups excluding carboxylic acids is 1. The van der Waals surface area contributed by atoms with Crippen molar-refractivity contribution in [3.8, 4) is 0 Å². The Bertz CT molecular complexity index is 616. The number of likely N-dealkylation sites (tertiary alicyclic amines) is 1. The Morgan fingerprint density at radius 1 is 1.20 bits per heavy atom. The second-order valence-electron chi connectivity index (χ2n) is 7.77. The zero-order chi connectivity index (χ0) is 17.9. The van der Waals surface area contributed by atoms with Crippen LogP contribution >= 0.6 is 0 Å². The maximum Gasteiger partial charge on any atom is 0.410 e. The zero-order valence-electron chi connectivity index (χ0n) is 15.4. The maximum absolute atomic E-state index is 11.9. The minimum absolute atomic E-state index is 0.0967. The van der Waals surface area contributed by atoms with E-state index in [2.05, 4.69) is 35.2 Å². The fourth-order valence-corrected chi connectivity index (χ4v) is 2.99. The Kier molecular flexibility index (Phi) is 5.33. The van der Waals surface area contributed by atoms with Gasteiger partial charge in [0, 0.05) is 26.1 Å². The molecule has 2 aliphatic heterocycles. The standard InChI is InChI=1S/C20H28N2O3/c1-20(2,3)25-19(23)22-14-18(15-22)24-17-9-11-21(12-10-17)13-16-7-5-4-6-8-16/h4-9,18H,10-15H2,1-3H3. The van der Waals surface area contributed by atoms with Crippen molar-refractivity contribution in [2.45, 2.75) is 45.4 Å². The number of nitrogens with zero attached hydrogens (tertiary/aromatic N) is 2. The lowest BCUT2D eigenvalue weighted by Crippen LogP contribution is -2.55. The maximum atomic E-state index is 11.9. The van der Waals surface area contributed by atoms with Crippen molar-refractivity contribution in [3.05, 3.63) is 47.7 Å². The van der Waals surface area contributed by atoms with E-state index >= 15 is 0 Å². The van der Waals surface area contributed by atoms with Crippen molar-refractivity contribution in [1.29, 1.82) is 0 Å². The van der Waals surface area contributed by atoms with Gasteiger partial charge in [0.15, 0.2) is 0 Å². The van der Waals surface area contributed by atoms with Gasteiger partial charge in [-0.1, -0.05) is 30.3 Å². The van der Waals surface area contributed by atoms with Gasteiger partial charge in [-0.2, -0.15) is 0 Å². The molecular formula is C20H28N2O3. The quantitative estimate of drug-likeness (QED) is 0.839. The third kappa shape index (κ3) is 5.23. The highest BCUT2D eigenvalue weighted by molar-refractivity contribution is 5.69. The SMILES string of the molecule is CC(C)(C)OC(=O)N1CC(OC2=CCN(Cc3ccccc3)CC2)C1. The Morgan fingerprint density at radius 2 is 1.92 bits per heavy atom. The average Bonchev–Trinajstić information content (AvgIpc) is 2.51. The highest BCUT2D eigenvalue weighted by Gasteiger charge is 2.35. The van der Waals surface area contributed by atoms with E-state index in [0.29, 0.717) is 13.1 Å². The van der Waals surface area contributed by atoms with Crippen molar-refractivity contribution in [3.63, 3.8) is 0 Å². The van der Waals surface area contributed by atoms with Gasteiger partial charge in [0.05, 0.1) is 18.8 Å². The molecule has 0 unspecified atom stereocenters. The van der Waals surface area contributed by atoms with Gasteiger partial charge in [-0.25, -0.2) is 4.79 Å². The number of hydrogen-bond donors (Lipinski definition) is 0. The smallest absolute Gasteiger partial charge is 0.410 e. The van der Waals surface area contributed by atoms with Gasteiger partial charge < -0.3 is 14.4 Å². The third-order valence-electron chi connectivity index (χ3n) is 4.32. The molecule has 1 fully saturated rings. The van der Waals surface area contributed by atoms with E-state index in [1.165, 1.54) is 5.56 Å². The number of hydrogen-bond acceptors (Lipinski definition) is 4. The van der Waals surface area contributed by atoms with E-state index in [0.717, 1.165) is 31.8 Å². The van der Waals surface area contributed by atoms with Crippen LogP contribution < -0.4 is 0 Å². The molecular weight excluding hydrogens is 316 g/mol. The van der Waals surface area contributed by atoms with Crippen LogP contribution in [0.15, 0.2) is 42.2 Å². The molecule has 2 heterocycles. The van der Waals surface area contributed by atoms with Gasteiger partial charge in [-0.15, -0.1) is 0 Å². The highest BCUT2D eigenvalue weighted by atomic mass is 16.6. The highest BCUT2D eigenvalue weighted by Crippen LogP contribution is 2.22. The van der Waals surface area contributed by atoms with Crippen LogP contribution in [0.5, 0.6) is 0 Å². The number of ether oxygens (including phenoxy) is 2. The predicted molar refractivity (Wildman–Crippen MR) is 97.1 cm³/mol. The van der Waals surface area contributed by atoms with Gasteiger partial charge in [-0.3, -0.25) is 4.90 Å². The molecule has 2 aliphatic rings. The second-order valence-corrected chi connectivity index (χ2v) is 7.77. The molecule has 3 rings (SSSR count). The van der Waals surface area contributed by atoms with Crippen LogP contribution in [0.25, 0.3) is 0 Å². The van der Waals surface area contributed by atoms with Gasteiger partial charge in [0.1, 0.15) is 11.7 Å². The second kappa shape index (κ2) is 7.48. The molecule has 0 N–H and O–H groups in total. The number of amides is 1. The van der Waals surface area contributed by atoms with E-state index < -0.39 is 5.60 Å². The molecule has 0 radical (unpaired) electrons. The first kappa shape index (κ1) is 17.8. The molecule has 0 aliphatic carbocycles. The molecule has 25 heavy (non-hydrogen) atoms. The summed E-state index contributed by atoms with van der Waals surface area (Å²) in [5, 5.41) is 0. The summed E-state index contributed by atoms with van der Waals surface area (Å²) < 4.78 is 11.4. The molecule has 1 saturated heterocycles. The number of carbonyl (C=O) groups is 1. The fraction of sp³-hybridized carbons (Fsp3) is 0.550. The molecule has 5 heteroatoms. The predicted octanol–water partition coefficient (Wildman–Crippen LogP) is 3.41. The lowest BCUT2D eigenvalue weighted by molar-refractivity contribution is -0.0451. The van der Waals surface area contributed by atoms with Crippen LogP contribution in [0.4, 0.5) is 4.79 Å². The number of rotatable bonds is 4. The summed E-state index contributed by atoms with van der Waals surface area (Å²) in [5.41, 5.74) is 0.893. The van der Waals surface area contributed by atoms with Crippen LogP contribution in [0, 0.1) is 0 Å². The lowest BCUT2D eigenvalue weighted by atomic mass is 10.1. The zero-order valence-corrected chi connectivity index (χ0v) is 15.4. The Morgan fingerprint density at radius 3 is 2.52 bits per heavy atom. The summed E-state index contributed by atoms with van der Waals surface area (Å²) in [5.74, 6) is 1.05. The molecule has 0 bridgehead atoms. The van der Waals surface area contributed by atoms with Crippen molar-refractivity contribution in [1.82, 2.24) is 9.80 Å². The van der Waals surface area contributed by atoms with Gasteiger partial charge >= 0.3 is 6.09 Å². The lowest BCUT2D eigenvalue weighted by Gasteiger charge is -2.40. The minimum Gasteiger partial charge on any atom is -0.491 e. The first-order valence-electron chi connectivity index (χ1n) is 8.99. The van der Waals surface area contributed by atoms with Gasteiger partial charge in [-0.05, 0) is 32.4 Å². The normalized spacial score (nSPS) is 19.2. The Hall–Kier alpha value is -2.01. The molecule has 5 nitrogen and oxygen atoms in total. The van der Waals surface area contributed by atoms with Crippen molar-refractivity contribution >= 4 is 6.09 Å². The van der Waals surface area contributed by atoms with Crippen molar-refractivity contribution < 1.29 is 14.3 Å². The van der Waals surface area contributed by atoms with Crippen LogP contribution in [0.3, 0.4) is 0 Å². The minimum atomic E-state index is -0.447. The van der Waals surface area contributed by atoms with Gasteiger partial charge in [0.2, 0.25) is 0 Å². The molecule has 0 atom stereocenters. The van der Waals surface area contributed by atoms with E-state index in [1.807, 2.05) is 26.8 Å². The monoisotopic (exact) mass is 344 g/mol. The summed E-state index contributed by atoms with van der Waals surface area (Å²) in [7, 11) is 0.